The lowest BCUT2D eigenvalue weighted by molar-refractivity contribution is 0.254. The first kappa shape index (κ1) is 12.4. The van der Waals surface area contributed by atoms with E-state index in [1.165, 1.54) is 5.57 Å². The van der Waals surface area contributed by atoms with E-state index in [1.54, 1.807) is 0 Å². The van der Waals surface area contributed by atoms with Gasteiger partial charge in [0.1, 0.15) is 0 Å². The molecule has 0 aliphatic heterocycles. The van der Waals surface area contributed by atoms with E-state index < -0.39 is 0 Å². The van der Waals surface area contributed by atoms with Gasteiger partial charge in [0.25, 0.3) is 0 Å². The molecular formula is C15H18N2O. The Kier molecular flexibility index (Phi) is 4.18. The lowest BCUT2D eigenvalue weighted by atomic mass is 10.0. The summed E-state index contributed by atoms with van der Waals surface area (Å²) in [5.41, 5.74) is 3.21. The Morgan fingerprint density at radius 1 is 1.11 bits per heavy atom. The number of amides is 2. The van der Waals surface area contributed by atoms with E-state index in [0.29, 0.717) is 0 Å². The van der Waals surface area contributed by atoms with Gasteiger partial charge in [-0.3, -0.25) is 0 Å². The second-order valence-corrected chi connectivity index (χ2v) is 4.32. The average Bonchev–Trinajstić information content (AvgIpc) is 2.40. The third kappa shape index (κ3) is 3.48. The lowest BCUT2D eigenvalue weighted by Gasteiger charge is -2.15. The smallest absolute Gasteiger partial charge is 0.312 e. The summed E-state index contributed by atoms with van der Waals surface area (Å²) in [4.78, 5) is 11.7. The van der Waals surface area contributed by atoms with E-state index in [1.807, 2.05) is 36.4 Å². The zero-order valence-corrected chi connectivity index (χ0v) is 10.6. The number of anilines is 1. The molecule has 0 spiro atoms. The molecule has 0 saturated carbocycles. The normalized spacial score (nSPS) is 14.5. The minimum atomic E-state index is -0.180. The molecule has 0 radical (unpaired) electrons. The van der Waals surface area contributed by atoms with Gasteiger partial charge in [0.2, 0.25) is 0 Å². The molecule has 0 bridgehead atoms. The fraction of sp³-hybridized carbons (Fsp3) is 0.267. The van der Waals surface area contributed by atoms with Crippen LogP contribution in [0.1, 0.15) is 26.2 Å². The van der Waals surface area contributed by atoms with Gasteiger partial charge in [-0.15, -0.1) is 0 Å². The van der Waals surface area contributed by atoms with E-state index >= 15 is 0 Å². The van der Waals surface area contributed by atoms with Crippen LogP contribution in [0.5, 0.6) is 0 Å². The van der Waals surface area contributed by atoms with Crippen molar-refractivity contribution in [2.24, 2.45) is 0 Å². The molecule has 3 nitrogen and oxygen atoms in total. The number of carbonyl (C=O) groups is 1. The van der Waals surface area contributed by atoms with E-state index in [-0.39, 0.29) is 6.03 Å². The number of hydrogen-bond donors (Lipinski definition) is 2. The van der Waals surface area contributed by atoms with Crippen LogP contribution in [0, 0.1) is 0 Å². The number of urea groups is 1. The second-order valence-electron chi connectivity index (χ2n) is 4.32. The largest absolute Gasteiger partial charge is 0.323 e. The highest BCUT2D eigenvalue weighted by atomic mass is 16.2. The van der Waals surface area contributed by atoms with Crippen LogP contribution >= 0.6 is 0 Å². The minimum absolute atomic E-state index is 0.180. The Morgan fingerprint density at radius 3 is 2.50 bits per heavy atom. The summed E-state index contributed by atoms with van der Waals surface area (Å²) >= 11 is 0. The van der Waals surface area contributed by atoms with Crippen LogP contribution in [0.4, 0.5) is 10.5 Å². The Morgan fingerprint density at radius 2 is 1.89 bits per heavy atom. The van der Waals surface area contributed by atoms with Crippen LogP contribution in [0.25, 0.3) is 0 Å². The van der Waals surface area contributed by atoms with Crippen LogP contribution < -0.4 is 10.6 Å². The summed E-state index contributed by atoms with van der Waals surface area (Å²) in [7, 11) is 0. The molecule has 2 rings (SSSR count). The molecular weight excluding hydrogens is 224 g/mol. The van der Waals surface area contributed by atoms with Gasteiger partial charge in [0.05, 0.1) is 0 Å². The molecule has 1 aromatic rings. The molecule has 0 heterocycles. The number of rotatable bonds is 3. The number of benzene rings is 1. The highest BCUT2D eigenvalue weighted by Gasteiger charge is 2.08. The van der Waals surface area contributed by atoms with Gasteiger partial charge in [0, 0.05) is 11.4 Å². The summed E-state index contributed by atoms with van der Waals surface area (Å²) in [5.74, 6) is 0. The molecule has 1 aliphatic rings. The van der Waals surface area contributed by atoms with Crippen molar-refractivity contribution in [2.45, 2.75) is 26.2 Å². The summed E-state index contributed by atoms with van der Waals surface area (Å²) < 4.78 is 0. The maximum Gasteiger partial charge on any atom is 0.323 e. The van der Waals surface area contributed by atoms with Crippen molar-refractivity contribution < 1.29 is 4.79 Å². The molecule has 1 aliphatic carbocycles. The molecule has 0 unspecified atom stereocenters. The molecule has 0 saturated heterocycles. The van der Waals surface area contributed by atoms with Crippen LogP contribution in [0.2, 0.25) is 0 Å². The Balaban J connectivity index is 1.89. The second kappa shape index (κ2) is 6.05. The molecule has 2 amide bonds. The van der Waals surface area contributed by atoms with E-state index in [4.69, 9.17) is 0 Å². The van der Waals surface area contributed by atoms with Crippen molar-refractivity contribution in [3.05, 3.63) is 53.8 Å². The molecule has 0 fully saturated rings. The summed E-state index contributed by atoms with van der Waals surface area (Å²) in [6.07, 6.45) is 7.12. The standard InChI is InChI=1S/C15H18N2O/c1-2-12-8-10-14(11-9-12)17-15(18)16-13-6-4-3-5-7-13/h3-8,10H,2,9,11H2,1H3,(H2,16,17,18). The number of allylic oxidation sites excluding steroid dienone is 4. The van der Waals surface area contributed by atoms with Crippen molar-refractivity contribution in [3.63, 3.8) is 0 Å². The molecule has 2 N–H and O–H groups in total. The Labute approximate surface area is 108 Å². The lowest BCUT2D eigenvalue weighted by Crippen LogP contribution is -2.28. The fourth-order valence-electron chi connectivity index (χ4n) is 1.91. The molecule has 18 heavy (non-hydrogen) atoms. The van der Waals surface area contributed by atoms with E-state index in [2.05, 4.69) is 23.6 Å². The van der Waals surface area contributed by atoms with Crippen LogP contribution in [-0.2, 0) is 0 Å². The van der Waals surface area contributed by atoms with Crippen molar-refractivity contribution in [3.8, 4) is 0 Å². The maximum absolute atomic E-state index is 11.7. The SMILES string of the molecule is CCC1=CC=C(NC(=O)Nc2ccccc2)CC1. The topological polar surface area (TPSA) is 41.1 Å². The Bertz CT molecular complexity index is 475. The first-order valence-corrected chi connectivity index (χ1v) is 6.29. The zero-order valence-electron chi connectivity index (χ0n) is 10.6. The molecule has 0 atom stereocenters. The van der Waals surface area contributed by atoms with Gasteiger partial charge in [-0.05, 0) is 37.5 Å². The fourth-order valence-corrected chi connectivity index (χ4v) is 1.91. The molecule has 0 aromatic heterocycles. The van der Waals surface area contributed by atoms with Crippen LogP contribution in [0.15, 0.2) is 53.8 Å². The van der Waals surface area contributed by atoms with Crippen molar-refractivity contribution in [1.29, 1.82) is 0 Å². The summed E-state index contributed by atoms with van der Waals surface area (Å²) in [6, 6.07) is 9.26. The Hall–Kier alpha value is -2.03. The van der Waals surface area contributed by atoms with Crippen molar-refractivity contribution >= 4 is 11.7 Å². The first-order chi connectivity index (χ1) is 8.78. The quantitative estimate of drug-likeness (QED) is 0.831. The van der Waals surface area contributed by atoms with E-state index in [9.17, 15) is 4.79 Å². The summed E-state index contributed by atoms with van der Waals surface area (Å²) in [6.45, 7) is 2.15. The van der Waals surface area contributed by atoms with Crippen molar-refractivity contribution in [1.82, 2.24) is 5.32 Å². The number of hydrogen-bond acceptors (Lipinski definition) is 1. The number of carbonyl (C=O) groups excluding carboxylic acids is 1. The average molecular weight is 242 g/mol. The van der Waals surface area contributed by atoms with Gasteiger partial charge < -0.3 is 10.6 Å². The maximum atomic E-state index is 11.7. The third-order valence-corrected chi connectivity index (χ3v) is 3.00. The highest BCUT2D eigenvalue weighted by Crippen LogP contribution is 2.18. The predicted octanol–water partition coefficient (Wildman–Crippen LogP) is 3.82. The van der Waals surface area contributed by atoms with Gasteiger partial charge in [-0.1, -0.05) is 36.8 Å². The molecule has 1 aromatic carbocycles. The van der Waals surface area contributed by atoms with Crippen LogP contribution in [0.3, 0.4) is 0 Å². The molecule has 3 heteroatoms. The van der Waals surface area contributed by atoms with E-state index in [0.717, 1.165) is 30.6 Å². The van der Waals surface area contributed by atoms with Gasteiger partial charge in [0.15, 0.2) is 0 Å². The monoisotopic (exact) mass is 242 g/mol. The van der Waals surface area contributed by atoms with Crippen LogP contribution in [-0.4, -0.2) is 6.03 Å². The predicted molar refractivity (Wildman–Crippen MR) is 74.3 cm³/mol. The van der Waals surface area contributed by atoms with Gasteiger partial charge >= 0.3 is 6.03 Å². The minimum Gasteiger partial charge on any atom is -0.312 e. The molecule has 94 valence electrons. The summed E-state index contributed by atoms with van der Waals surface area (Å²) in [5, 5.41) is 5.68. The van der Waals surface area contributed by atoms with Crippen molar-refractivity contribution in [2.75, 3.05) is 5.32 Å². The van der Waals surface area contributed by atoms with Gasteiger partial charge in [-0.25, -0.2) is 4.79 Å². The number of nitrogens with one attached hydrogen (secondary N) is 2. The third-order valence-electron chi connectivity index (χ3n) is 3.00. The van der Waals surface area contributed by atoms with Gasteiger partial charge in [-0.2, -0.15) is 0 Å². The highest BCUT2D eigenvalue weighted by molar-refractivity contribution is 5.90. The number of para-hydroxylation sites is 1. The first-order valence-electron chi connectivity index (χ1n) is 6.29. The zero-order chi connectivity index (χ0) is 12.8.